The first-order valence-electron chi connectivity index (χ1n) is 10.4. The number of pyridine rings is 1. The van der Waals surface area contributed by atoms with Gasteiger partial charge in [-0.2, -0.15) is 5.26 Å². The fourth-order valence-electron chi connectivity index (χ4n) is 3.29. The van der Waals surface area contributed by atoms with Gasteiger partial charge >= 0.3 is 0 Å². The lowest BCUT2D eigenvalue weighted by Crippen LogP contribution is -2.03. The molecular formula is C26H24N2O4. The zero-order valence-corrected chi connectivity index (χ0v) is 17.7. The molecule has 0 aliphatic heterocycles. The van der Waals surface area contributed by atoms with Crippen LogP contribution in [0.1, 0.15) is 52.0 Å². The summed E-state index contributed by atoms with van der Waals surface area (Å²) in [5.74, 6) is 0.228. The second kappa shape index (κ2) is 11.4. The van der Waals surface area contributed by atoms with E-state index in [0.717, 1.165) is 23.1 Å². The van der Waals surface area contributed by atoms with Crippen molar-refractivity contribution in [3.8, 4) is 17.6 Å². The summed E-state index contributed by atoms with van der Waals surface area (Å²) in [4.78, 5) is 27.5. The molecule has 1 aromatic heterocycles. The van der Waals surface area contributed by atoms with Crippen LogP contribution in [0.25, 0.3) is 0 Å². The molecule has 162 valence electrons. The van der Waals surface area contributed by atoms with Crippen LogP contribution in [0.2, 0.25) is 0 Å². The van der Waals surface area contributed by atoms with Gasteiger partial charge in [0.15, 0.2) is 5.78 Å². The van der Waals surface area contributed by atoms with E-state index in [1.165, 1.54) is 12.1 Å². The molecule has 1 N–H and O–H groups in total. The van der Waals surface area contributed by atoms with Crippen molar-refractivity contribution in [3.63, 3.8) is 0 Å². The summed E-state index contributed by atoms with van der Waals surface area (Å²) in [6, 6.07) is 17.6. The van der Waals surface area contributed by atoms with E-state index >= 15 is 0 Å². The van der Waals surface area contributed by atoms with Crippen molar-refractivity contribution in [2.75, 3.05) is 0 Å². The van der Waals surface area contributed by atoms with Gasteiger partial charge in [-0.1, -0.05) is 24.3 Å². The smallest absolute Gasteiger partial charge is 0.163 e. The molecule has 0 aliphatic rings. The number of aldehydes is 1. The van der Waals surface area contributed by atoms with Crippen molar-refractivity contribution in [2.45, 2.75) is 38.7 Å². The maximum atomic E-state index is 12.6. The molecule has 0 fully saturated rings. The van der Waals surface area contributed by atoms with Crippen LogP contribution in [-0.4, -0.2) is 22.2 Å². The number of phenolic OH excluding ortho intramolecular Hbond substituents is 1. The van der Waals surface area contributed by atoms with Gasteiger partial charge in [0, 0.05) is 41.9 Å². The Kier molecular flexibility index (Phi) is 8.10. The number of carbonyl (C=O) groups excluding carboxylic acids is 2. The number of carbonyl (C=O) groups is 2. The highest BCUT2D eigenvalue weighted by Gasteiger charge is 2.11. The molecule has 1 heterocycles. The van der Waals surface area contributed by atoms with Crippen LogP contribution in [0.5, 0.6) is 11.5 Å². The van der Waals surface area contributed by atoms with Crippen LogP contribution in [0.3, 0.4) is 0 Å². The van der Waals surface area contributed by atoms with Gasteiger partial charge in [0.25, 0.3) is 0 Å². The number of rotatable bonds is 11. The van der Waals surface area contributed by atoms with Gasteiger partial charge in [0.1, 0.15) is 24.4 Å². The van der Waals surface area contributed by atoms with Gasteiger partial charge in [0.05, 0.1) is 11.6 Å². The van der Waals surface area contributed by atoms with Gasteiger partial charge in [-0.3, -0.25) is 9.78 Å². The number of hydrogen-bond acceptors (Lipinski definition) is 6. The molecule has 0 saturated carbocycles. The van der Waals surface area contributed by atoms with Gasteiger partial charge in [-0.05, 0) is 49.1 Å². The Morgan fingerprint density at radius 1 is 1.12 bits per heavy atom. The summed E-state index contributed by atoms with van der Waals surface area (Å²) in [5.41, 5.74) is 3.54. The number of ether oxygens (including phenoxy) is 1. The number of benzene rings is 2. The second-order valence-electron chi connectivity index (χ2n) is 7.41. The second-order valence-corrected chi connectivity index (χ2v) is 7.41. The van der Waals surface area contributed by atoms with Gasteiger partial charge in [-0.25, -0.2) is 0 Å². The number of nitriles is 1. The lowest BCUT2D eigenvalue weighted by Gasteiger charge is -2.10. The van der Waals surface area contributed by atoms with E-state index < -0.39 is 0 Å². The van der Waals surface area contributed by atoms with Crippen molar-refractivity contribution < 1.29 is 19.4 Å². The third-order valence-corrected chi connectivity index (χ3v) is 5.02. The predicted molar refractivity (Wildman–Crippen MR) is 119 cm³/mol. The summed E-state index contributed by atoms with van der Waals surface area (Å²) in [5, 5.41) is 19.2. The number of aromatic hydroxyl groups is 1. The molecule has 0 spiro atoms. The maximum Gasteiger partial charge on any atom is 0.163 e. The Balaban J connectivity index is 1.55. The van der Waals surface area contributed by atoms with Crippen molar-refractivity contribution in [1.82, 2.24) is 4.98 Å². The molecular weight excluding hydrogens is 404 g/mol. The SMILES string of the molecule is N#Cc1ccccc1COc1cc(O)cc(C(=O)CCCc2ccc(CCC=O)cn2)c1. The number of aromatic nitrogens is 1. The molecule has 0 bridgehead atoms. The fourth-order valence-corrected chi connectivity index (χ4v) is 3.29. The molecule has 0 radical (unpaired) electrons. The van der Waals surface area contributed by atoms with E-state index in [2.05, 4.69) is 11.1 Å². The van der Waals surface area contributed by atoms with Gasteiger partial charge in [-0.15, -0.1) is 0 Å². The van der Waals surface area contributed by atoms with E-state index in [1.807, 2.05) is 18.2 Å². The average Bonchev–Trinajstić information content (AvgIpc) is 2.82. The van der Waals surface area contributed by atoms with E-state index in [0.29, 0.717) is 49.0 Å². The first-order valence-corrected chi connectivity index (χ1v) is 10.4. The molecule has 2 aromatic carbocycles. The van der Waals surface area contributed by atoms with Crippen LogP contribution in [-0.2, 0) is 24.2 Å². The number of phenols is 1. The minimum atomic E-state index is -0.0919. The van der Waals surface area contributed by atoms with Crippen molar-refractivity contribution in [3.05, 3.63) is 88.7 Å². The quantitative estimate of drug-likeness (QED) is 0.355. The Labute approximate surface area is 187 Å². The first kappa shape index (κ1) is 22.7. The molecule has 0 atom stereocenters. The summed E-state index contributed by atoms with van der Waals surface area (Å²) >= 11 is 0. The molecule has 6 heteroatoms. The number of nitrogens with zero attached hydrogens (tertiary/aromatic N) is 2. The Hall–Kier alpha value is -3.98. The number of aryl methyl sites for hydroxylation is 2. The normalized spacial score (nSPS) is 10.3. The summed E-state index contributed by atoms with van der Waals surface area (Å²) < 4.78 is 5.72. The van der Waals surface area contributed by atoms with Crippen molar-refractivity contribution in [1.29, 1.82) is 5.26 Å². The number of hydrogen-bond donors (Lipinski definition) is 1. The lowest BCUT2D eigenvalue weighted by molar-refractivity contribution is -0.107. The summed E-state index contributed by atoms with van der Waals surface area (Å²) in [7, 11) is 0. The third kappa shape index (κ3) is 6.51. The van der Waals surface area contributed by atoms with E-state index in [9.17, 15) is 20.0 Å². The molecule has 3 rings (SSSR count). The third-order valence-electron chi connectivity index (χ3n) is 5.02. The maximum absolute atomic E-state index is 12.6. The standard InChI is InChI=1S/C26H24N2O4/c27-16-20-6-1-2-7-21(20)18-32-25-14-22(13-24(30)15-25)26(31)9-3-8-23-11-10-19(17-28-23)5-4-12-29/h1-2,6-7,10-15,17,30H,3-5,8-9,18H2. The lowest BCUT2D eigenvalue weighted by atomic mass is 10.0. The van der Waals surface area contributed by atoms with Gasteiger partial charge in [0.2, 0.25) is 0 Å². The van der Waals surface area contributed by atoms with Crippen LogP contribution in [0, 0.1) is 11.3 Å². The molecule has 0 unspecified atom stereocenters. The largest absolute Gasteiger partial charge is 0.508 e. The molecule has 6 nitrogen and oxygen atoms in total. The Morgan fingerprint density at radius 2 is 1.97 bits per heavy atom. The highest BCUT2D eigenvalue weighted by molar-refractivity contribution is 5.96. The monoisotopic (exact) mass is 428 g/mol. The molecule has 32 heavy (non-hydrogen) atoms. The zero-order chi connectivity index (χ0) is 22.8. The molecule has 3 aromatic rings. The van der Waals surface area contributed by atoms with Crippen LogP contribution in [0.15, 0.2) is 60.8 Å². The summed E-state index contributed by atoms with van der Waals surface area (Å²) in [6.07, 6.45) is 5.42. The average molecular weight is 428 g/mol. The van der Waals surface area contributed by atoms with Crippen LogP contribution < -0.4 is 4.74 Å². The van der Waals surface area contributed by atoms with Crippen molar-refractivity contribution >= 4 is 12.1 Å². The minimum Gasteiger partial charge on any atom is -0.508 e. The predicted octanol–water partition coefficient (Wildman–Crippen LogP) is 4.57. The van der Waals surface area contributed by atoms with E-state index in [4.69, 9.17) is 4.74 Å². The van der Waals surface area contributed by atoms with Crippen LogP contribution >= 0.6 is 0 Å². The summed E-state index contributed by atoms with van der Waals surface area (Å²) in [6.45, 7) is 0.162. The molecule has 0 aliphatic carbocycles. The molecule has 0 saturated heterocycles. The molecule has 0 amide bonds. The van der Waals surface area contributed by atoms with Crippen LogP contribution in [0.4, 0.5) is 0 Å². The minimum absolute atomic E-state index is 0.0491. The number of ketones is 1. The van der Waals surface area contributed by atoms with E-state index in [-0.39, 0.29) is 18.1 Å². The Morgan fingerprint density at radius 3 is 2.72 bits per heavy atom. The number of Topliss-reactive ketones (excluding diaryl/α,β-unsaturated/α-hetero) is 1. The Bertz CT molecular complexity index is 1120. The van der Waals surface area contributed by atoms with E-state index in [1.54, 1.807) is 30.5 Å². The fraction of sp³-hybridized carbons (Fsp3) is 0.231. The van der Waals surface area contributed by atoms with Gasteiger partial charge < -0.3 is 14.6 Å². The highest BCUT2D eigenvalue weighted by atomic mass is 16.5. The zero-order valence-electron chi connectivity index (χ0n) is 17.7. The highest BCUT2D eigenvalue weighted by Crippen LogP contribution is 2.24. The van der Waals surface area contributed by atoms with Crippen molar-refractivity contribution in [2.24, 2.45) is 0 Å². The topological polar surface area (TPSA) is 100 Å². The first-order chi connectivity index (χ1) is 15.6.